The molecule has 3 aromatic rings. The molecule has 7 heteroatoms. The van der Waals surface area contributed by atoms with Gasteiger partial charge in [0.1, 0.15) is 23.6 Å². The van der Waals surface area contributed by atoms with Gasteiger partial charge in [0.05, 0.1) is 25.6 Å². The van der Waals surface area contributed by atoms with Crippen LogP contribution >= 0.6 is 0 Å². The van der Waals surface area contributed by atoms with Crippen LogP contribution in [-0.4, -0.2) is 34.7 Å². The molecule has 0 radical (unpaired) electrons. The van der Waals surface area contributed by atoms with Crippen molar-refractivity contribution < 1.29 is 14.3 Å². The molecule has 0 aliphatic carbocycles. The number of nitrogens with zero attached hydrogens (tertiary/aromatic N) is 3. The number of nitrogens with one attached hydrogen (secondary N) is 1. The van der Waals surface area contributed by atoms with Crippen molar-refractivity contribution in [1.82, 2.24) is 14.5 Å². The van der Waals surface area contributed by atoms with Crippen LogP contribution in [0.4, 0.5) is 5.82 Å². The lowest BCUT2D eigenvalue weighted by molar-refractivity contribution is -0.116. The molecule has 1 N–H and O–H groups in total. The van der Waals surface area contributed by atoms with Crippen LogP contribution in [0.3, 0.4) is 0 Å². The third-order valence-electron chi connectivity index (χ3n) is 4.51. The predicted molar refractivity (Wildman–Crippen MR) is 96.0 cm³/mol. The van der Waals surface area contributed by atoms with E-state index in [1.807, 2.05) is 28.8 Å². The molecule has 1 amide bonds. The van der Waals surface area contributed by atoms with Gasteiger partial charge in [-0.1, -0.05) is 6.07 Å². The van der Waals surface area contributed by atoms with Crippen LogP contribution in [0.5, 0.6) is 11.5 Å². The van der Waals surface area contributed by atoms with Gasteiger partial charge >= 0.3 is 0 Å². The van der Waals surface area contributed by atoms with Crippen LogP contribution < -0.4 is 14.8 Å². The van der Waals surface area contributed by atoms with E-state index in [1.165, 1.54) is 0 Å². The van der Waals surface area contributed by atoms with Crippen molar-refractivity contribution in [1.29, 1.82) is 0 Å². The molecular formula is C19H18N4O3. The van der Waals surface area contributed by atoms with Crippen molar-refractivity contribution in [2.45, 2.75) is 12.3 Å². The minimum Gasteiger partial charge on any atom is -0.497 e. The normalized spacial score (nSPS) is 15.9. The van der Waals surface area contributed by atoms with Gasteiger partial charge in [-0.05, 0) is 23.8 Å². The van der Waals surface area contributed by atoms with Crippen LogP contribution in [0.25, 0.3) is 5.69 Å². The molecule has 1 aliphatic heterocycles. The number of hydrogen-bond donors (Lipinski definition) is 1. The first-order valence-electron chi connectivity index (χ1n) is 8.20. The van der Waals surface area contributed by atoms with E-state index in [4.69, 9.17) is 9.47 Å². The van der Waals surface area contributed by atoms with Gasteiger partial charge in [-0.2, -0.15) is 0 Å². The zero-order chi connectivity index (χ0) is 18.1. The molecule has 0 saturated carbocycles. The molecule has 0 bridgehead atoms. The monoisotopic (exact) mass is 350 g/mol. The summed E-state index contributed by atoms with van der Waals surface area (Å²) in [6.07, 6.45) is 5.54. The number of amides is 1. The number of aromatic nitrogens is 3. The largest absolute Gasteiger partial charge is 0.497 e. The lowest BCUT2D eigenvalue weighted by Crippen LogP contribution is -2.25. The minimum absolute atomic E-state index is 0.0550. The third kappa shape index (κ3) is 2.67. The molecule has 0 fully saturated rings. The summed E-state index contributed by atoms with van der Waals surface area (Å²) in [4.78, 5) is 21.1. The highest BCUT2D eigenvalue weighted by atomic mass is 16.5. The average Bonchev–Trinajstić information content (AvgIpc) is 3.11. The Kier molecular flexibility index (Phi) is 4.04. The van der Waals surface area contributed by atoms with Crippen molar-refractivity contribution in [3.8, 4) is 17.2 Å². The quantitative estimate of drug-likeness (QED) is 0.783. The first-order valence-corrected chi connectivity index (χ1v) is 8.20. The summed E-state index contributed by atoms with van der Waals surface area (Å²) >= 11 is 0. The maximum Gasteiger partial charge on any atom is 0.226 e. The van der Waals surface area contributed by atoms with Crippen LogP contribution in [0, 0.1) is 0 Å². The van der Waals surface area contributed by atoms with Gasteiger partial charge in [-0.25, -0.2) is 4.98 Å². The molecule has 132 valence electrons. The van der Waals surface area contributed by atoms with Crippen LogP contribution in [-0.2, 0) is 4.79 Å². The fourth-order valence-electron chi connectivity index (χ4n) is 3.23. The first-order chi connectivity index (χ1) is 12.7. The maximum absolute atomic E-state index is 12.3. The Morgan fingerprint density at radius 1 is 1.23 bits per heavy atom. The fourth-order valence-corrected chi connectivity index (χ4v) is 3.23. The van der Waals surface area contributed by atoms with Crippen LogP contribution in [0.1, 0.15) is 23.6 Å². The highest BCUT2D eigenvalue weighted by Gasteiger charge is 2.31. The molecule has 7 nitrogen and oxygen atoms in total. The van der Waals surface area contributed by atoms with Crippen molar-refractivity contribution in [3.63, 3.8) is 0 Å². The van der Waals surface area contributed by atoms with Crippen LogP contribution in [0.2, 0.25) is 0 Å². The number of hydrogen-bond acceptors (Lipinski definition) is 5. The molecule has 26 heavy (non-hydrogen) atoms. The van der Waals surface area contributed by atoms with Crippen molar-refractivity contribution in [2.24, 2.45) is 0 Å². The first kappa shape index (κ1) is 16.1. The topological polar surface area (TPSA) is 78.3 Å². The fraction of sp³-hybridized carbons (Fsp3) is 0.211. The van der Waals surface area contributed by atoms with Crippen molar-refractivity contribution in [3.05, 3.63) is 60.3 Å². The molecular weight excluding hydrogens is 332 g/mol. The summed E-state index contributed by atoms with van der Waals surface area (Å²) in [6.45, 7) is 0. The Bertz CT molecular complexity index is 953. The second-order valence-electron chi connectivity index (χ2n) is 5.98. The van der Waals surface area contributed by atoms with E-state index in [0.29, 0.717) is 23.7 Å². The maximum atomic E-state index is 12.3. The van der Waals surface area contributed by atoms with Gasteiger partial charge in [0.15, 0.2) is 0 Å². The van der Waals surface area contributed by atoms with Gasteiger partial charge < -0.3 is 14.8 Å². The number of rotatable bonds is 4. The molecule has 1 atom stereocenters. The Morgan fingerprint density at radius 3 is 2.85 bits per heavy atom. The third-order valence-corrected chi connectivity index (χ3v) is 4.51. The highest BCUT2D eigenvalue weighted by molar-refractivity contribution is 5.94. The van der Waals surface area contributed by atoms with E-state index in [0.717, 1.165) is 16.9 Å². The molecule has 2 aromatic heterocycles. The summed E-state index contributed by atoms with van der Waals surface area (Å²) in [5.74, 6) is 1.79. The molecule has 0 saturated heterocycles. The van der Waals surface area contributed by atoms with Crippen molar-refractivity contribution in [2.75, 3.05) is 19.5 Å². The van der Waals surface area contributed by atoms with Gasteiger partial charge in [-0.15, -0.1) is 0 Å². The van der Waals surface area contributed by atoms with Gasteiger partial charge in [0, 0.05) is 30.8 Å². The lowest BCUT2D eigenvalue weighted by atomic mass is 9.91. The van der Waals surface area contributed by atoms with Gasteiger partial charge in [-0.3, -0.25) is 14.3 Å². The Balaban J connectivity index is 1.83. The predicted octanol–water partition coefficient (Wildman–Crippen LogP) is 2.76. The second kappa shape index (κ2) is 6.51. The van der Waals surface area contributed by atoms with Crippen LogP contribution in [0.15, 0.2) is 49.1 Å². The minimum atomic E-state index is -0.127. The Labute approximate surface area is 150 Å². The van der Waals surface area contributed by atoms with E-state index >= 15 is 0 Å². The number of ether oxygens (including phenoxy) is 2. The lowest BCUT2D eigenvalue weighted by Gasteiger charge is -2.23. The van der Waals surface area contributed by atoms with Gasteiger partial charge in [0.2, 0.25) is 5.91 Å². The smallest absolute Gasteiger partial charge is 0.226 e. The zero-order valence-electron chi connectivity index (χ0n) is 14.5. The number of benzene rings is 1. The Morgan fingerprint density at radius 2 is 2.12 bits per heavy atom. The summed E-state index contributed by atoms with van der Waals surface area (Å²) in [7, 11) is 3.20. The average molecular weight is 350 g/mol. The number of fused-ring (bicyclic) bond motifs is 1. The molecule has 3 heterocycles. The van der Waals surface area contributed by atoms with E-state index < -0.39 is 0 Å². The second-order valence-corrected chi connectivity index (χ2v) is 5.98. The molecule has 1 aliphatic rings. The van der Waals surface area contributed by atoms with E-state index in [1.54, 1.807) is 39.0 Å². The number of carbonyl (C=O) groups is 1. The SMILES string of the molecule is COc1ccc(-n2cnc3c2NC(=O)C[C@H]3c2cccnc2)c(OC)c1. The van der Waals surface area contributed by atoms with E-state index in [9.17, 15) is 4.79 Å². The molecule has 1 aromatic carbocycles. The van der Waals surface area contributed by atoms with Gasteiger partial charge in [0.25, 0.3) is 0 Å². The number of methoxy groups -OCH3 is 2. The standard InChI is InChI=1S/C19H18N4O3/c1-25-13-5-6-15(16(8-13)26-2)23-11-21-18-14(9-17(24)22-19(18)23)12-4-3-7-20-10-12/h3-8,10-11,14H,9H2,1-2H3,(H,22,24)/t14-/m0/s1. The highest BCUT2D eigenvalue weighted by Crippen LogP contribution is 2.39. The molecule has 4 rings (SSSR count). The summed E-state index contributed by atoms with van der Waals surface area (Å²) < 4.78 is 12.6. The molecule has 0 spiro atoms. The number of carbonyl (C=O) groups excluding carboxylic acids is 1. The number of pyridine rings is 1. The van der Waals surface area contributed by atoms with E-state index in [2.05, 4.69) is 15.3 Å². The number of imidazole rings is 1. The van der Waals surface area contributed by atoms with E-state index in [-0.39, 0.29) is 11.8 Å². The Hall–Kier alpha value is -3.35. The number of anilines is 1. The van der Waals surface area contributed by atoms with Crippen molar-refractivity contribution >= 4 is 11.7 Å². The summed E-state index contributed by atoms with van der Waals surface area (Å²) in [5, 5.41) is 2.94. The summed E-state index contributed by atoms with van der Waals surface area (Å²) in [6, 6.07) is 9.34. The summed E-state index contributed by atoms with van der Waals surface area (Å²) in [5.41, 5.74) is 2.56. The molecule has 0 unspecified atom stereocenters. The zero-order valence-corrected chi connectivity index (χ0v) is 14.5.